The third-order valence-corrected chi connectivity index (χ3v) is 2.91. The van der Waals surface area contributed by atoms with Crippen LogP contribution in [0.5, 0.6) is 0 Å². The Hall–Kier alpha value is -0.910. The Morgan fingerprint density at radius 3 is 2.75 bits per heavy atom. The van der Waals surface area contributed by atoms with Gasteiger partial charge in [-0.3, -0.25) is 0 Å². The summed E-state index contributed by atoms with van der Waals surface area (Å²) in [6.07, 6.45) is 0. The molecule has 0 saturated carbocycles. The van der Waals surface area contributed by atoms with Crippen LogP contribution in [0, 0.1) is 5.92 Å². The molecular formula is C10H14ClN3OS. The number of nitrogens with two attached hydrogens (primary N) is 1. The van der Waals surface area contributed by atoms with Gasteiger partial charge in [0.15, 0.2) is 0 Å². The number of rotatable bonds is 3. The van der Waals surface area contributed by atoms with Crippen molar-refractivity contribution < 1.29 is 4.52 Å². The number of thiophene rings is 1. The van der Waals surface area contributed by atoms with Crippen LogP contribution in [0.2, 0.25) is 0 Å². The van der Waals surface area contributed by atoms with E-state index in [0.29, 0.717) is 17.6 Å². The Morgan fingerprint density at radius 1 is 1.44 bits per heavy atom. The SMILES string of the molecule is CC(C)C(N)c1nc(-c2ccsc2)no1.Cl. The van der Waals surface area contributed by atoms with Crippen LogP contribution in [0.4, 0.5) is 0 Å². The van der Waals surface area contributed by atoms with E-state index in [4.69, 9.17) is 10.3 Å². The second-order valence-corrected chi connectivity index (χ2v) is 4.52. The van der Waals surface area contributed by atoms with Gasteiger partial charge in [-0.05, 0) is 17.4 Å². The average Bonchev–Trinajstić information content (AvgIpc) is 2.86. The molecule has 0 aliphatic carbocycles. The molecule has 6 heteroatoms. The zero-order valence-electron chi connectivity index (χ0n) is 9.08. The fourth-order valence-corrected chi connectivity index (χ4v) is 1.80. The quantitative estimate of drug-likeness (QED) is 0.921. The molecule has 2 aromatic heterocycles. The van der Waals surface area contributed by atoms with Gasteiger partial charge in [-0.1, -0.05) is 19.0 Å². The molecule has 2 N–H and O–H groups in total. The maximum atomic E-state index is 5.91. The first kappa shape index (κ1) is 13.2. The maximum Gasteiger partial charge on any atom is 0.244 e. The predicted octanol–water partition coefficient (Wildman–Crippen LogP) is 2.88. The first-order valence-electron chi connectivity index (χ1n) is 4.80. The third kappa shape index (κ3) is 2.61. The number of hydrogen-bond donors (Lipinski definition) is 1. The zero-order chi connectivity index (χ0) is 10.8. The molecule has 2 aromatic rings. The van der Waals surface area contributed by atoms with Gasteiger partial charge in [-0.25, -0.2) is 0 Å². The molecule has 0 aliphatic rings. The van der Waals surface area contributed by atoms with Gasteiger partial charge < -0.3 is 10.3 Å². The molecule has 0 aromatic carbocycles. The largest absolute Gasteiger partial charge is 0.337 e. The number of nitrogens with zero attached hydrogens (tertiary/aromatic N) is 2. The van der Waals surface area contributed by atoms with Crippen molar-refractivity contribution in [3.63, 3.8) is 0 Å². The summed E-state index contributed by atoms with van der Waals surface area (Å²) in [5.74, 6) is 1.41. The zero-order valence-corrected chi connectivity index (χ0v) is 10.7. The van der Waals surface area contributed by atoms with Gasteiger partial charge in [-0.2, -0.15) is 16.3 Å². The first-order chi connectivity index (χ1) is 7.18. The minimum absolute atomic E-state index is 0. The highest BCUT2D eigenvalue weighted by atomic mass is 35.5. The summed E-state index contributed by atoms with van der Waals surface area (Å²) in [6.45, 7) is 4.05. The van der Waals surface area contributed by atoms with Crippen molar-refractivity contribution in [1.29, 1.82) is 0 Å². The highest BCUT2D eigenvalue weighted by Crippen LogP contribution is 2.22. The summed E-state index contributed by atoms with van der Waals surface area (Å²) in [5.41, 5.74) is 6.89. The molecule has 88 valence electrons. The van der Waals surface area contributed by atoms with Crippen molar-refractivity contribution in [3.8, 4) is 11.4 Å². The second-order valence-electron chi connectivity index (χ2n) is 3.74. The molecule has 0 fully saturated rings. The average molecular weight is 260 g/mol. The summed E-state index contributed by atoms with van der Waals surface area (Å²) in [5, 5.41) is 7.86. The van der Waals surface area contributed by atoms with E-state index in [0.717, 1.165) is 5.56 Å². The maximum absolute atomic E-state index is 5.91. The van der Waals surface area contributed by atoms with Crippen LogP contribution in [0.1, 0.15) is 25.8 Å². The van der Waals surface area contributed by atoms with E-state index in [-0.39, 0.29) is 18.4 Å². The summed E-state index contributed by atoms with van der Waals surface area (Å²) in [4.78, 5) is 4.28. The Balaban J connectivity index is 0.00000128. The van der Waals surface area contributed by atoms with Crippen LogP contribution in [0.3, 0.4) is 0 Å². The highest BCUT2D eigenvalue weighted by Gasteiger charge is 2.18. The van der Waals surface area contributed by atoms with Crippen molar-refractivity contribution in [2.24, 2.45) is 11.7 Å². The highest BCUT2D eigenvalue weighted by molar-refractivity contribution is 7.08. The monoisotopic (exact) mass is 259 g/mol. The summed E-state index contributed by atoms with van der Waals surface area (Å²) in [7, 11) is 0. The van der Waals surface area contributed by atoms with Gasteiger partial charge in [0.05, 0.1) is 6.04 Å². The topological polar surface area (TPSA) is 64.9 Å². The Labute approximate surface area is 104 Å². The molecule has 1 atom stereocenters. The van der Waals surface area contributed by atoms with Crippen molar-refractivity contribution in [1.82, 2.24) is 10.1 Å². The summed E-state index contributed by atoms with van der Waals surface area (Å²) < 4.78 is 5.13. The molecule has 16 heavy (non-hydrogen) atoms. The summed E-state index contributed by atoms with van der Waals surface area (Å²) >= 11 is 1.61. The van der Waals surface area contributed by atoms with Crippen LogP contribution in [-0.2, 0) is 0 Å². The van der Waals surface area contributed by atoms with E-state index < -0.39 is 0 Å². The standard InChI is InChI=1S/C10H13N3OS.ClH/c1-6(2)8(11)10-12-9(13-14-10)7-3-4-15-5-7;/h3-6,8H,11H2,1-2H3;1H. The smallest absolute Gasteiger partial charge is 0.244 e. The lowest BCUT2D eigenvalue weighted by atomic mass is 10.1. The van der Waals surface area contributed by atoms with Gasteiger partial charge >= 0.3 is 0 Å². The number of aromatic nitrogens is 2. The molecule has 2 rings (SSSR count). The van der Waals surface area contributed by atoms with Gasteiger partial charge in [0.25, 0.3) is 0 Å². The Morgan fingerprint density at radius 2 is 2.19 bits per heavy atom. The minimum Gasteiger partial charge on any atom is -0.337 e. The van der Waals surface area contributed by atoms with Crippen LogP contribution >= 0.6 is 23.7 Å². The van der Waals surface area contributed by atoms with Crippen LogP contribution in [0.15, 0.2) is 21.3 Å². The van der Waals surface area contributed by atoms with E-state index in [9.17, 15) is 0 Å². The van der Waals surface area contributed by atoms with Gasteiger partial charge in [0, 0.05) is 10.9 Å². The lowest BCUT2D eigenvalue weighted by Gasteiger charge is -2.08. The number of hydrogen-bond acceptors (Lipinski definition) is 5. The van der Waals surface area contributed by atoms with Crippen LogP contribution in [-0.4, -0.2) is 10.1 Å². The van der Waals surface area contributed by atoms with Crippen LogP contribution < -0.4 is 5.73 Å². The molecule has 0 saturated heterocycles. The van der Waals surface area contributed by atoms with E-state index in [1.807, 2.05) is 30.7 Å². The van der Waals surface area contributed by atoms with Gasteiger partial charge in [0.2, 0.25) is 11.7 Å². The molecule has 0 bridgehead atoms. The van der Waals surface area contributed by atoms with E-state index in [2.05, 4.69) is 10.1 Å². The number of halogens is 1. The molecule has 0 aliphatic heterocycles. The van der Waals surface area contributed by atoms with Crippen LogP contribution in [0.25, 0.3) is 11.4 Å². The second kappa shape index (κ2) is 5.43. The van der Waals surface area contributed by atoms with E-state index >= 15 is 0 Å². The lowest BCUT2D eigenvalue weighted by Crippen LogP contribution is -2.16. The fourth-order valence-electron chi connectivity index (χ4n) is 1.16. The third-order valence-electron chi connectivity index (χ3n) is 2.22. The molecular weight excluding hydrogens is 246 g/mol. The fraction of sp³-hybridized carbons (Fsp3) is 0.400. The van der Waals surface area contributed by atoms with Gasteiger partial charge in [0.1, 0.15) is 0 Å². The summed E-state index contributed by atoms with van der Waals surface area (Å²) in [6, 6.07) is 1.77. The van der Waals surface area contributed by atoms with Gasteiger partial charge in [-0.15, -0.1) is 12.4 Å². The molecule has 0 radical (unpaired) electrons. The molecule has 1 unspecified atom stereocenters. The normalized spacial score (nSPS) is 12.5. The van der Waals surface area contributed by atoms with Crippen molar-refractivity contribution in [2.45, 2.75) is 19.9 Å². The Kier molecular flexibility index (Phi) is 4.46. The lowest BCUT2D eigenvalue weighted by molar-refractivity contribution is 0.325. The van der Waals surface area contributed by atoms with Crippen molar-refractivity contribution in [2.75, 3.05) is 0 Å². The van der Waals surface area contributed by atoms with Crippen molar-refractivity contribution >= 4 is 23.7 Å². The van der Waals surface area contributed by atoms with Crippen molar-refractivity contribution in [3.05, 3.63) is 22.7 Å². The molecule has 0 amide bonds. The van der Waals surface area contributed by atoms with E-state index in [1.165, 1.54) is 0 Å². The Bertz CT molecular complexity index is 427. The predicted molar refractivity (Wildman–Crippen MR) is 66.6 cm³/mol. The molecule has 0 spiro atoms. The minimum atomic E-state index is -0.190. The molecule has 4 nitrogen and oxygen atoms in total. The molecule has 2 heterocycles. The first-order valence-corrected chi connectivity index (χ1v) is 5.74. The van der Waals surface area contributed by atoms with E-state index in [1.54, 1.807) is 11.3 Å².